The Morgan fingerprint density at radius 3 is 1.93 bits per heavy atom. The summed E-state index contributed by atoms with van der Waals surface area (Å²) in [5.74, 6) is -0.972. The maximum absolute atomic E-state index is 13.0. The van der Waals surface area contributed by atoms with Gasteiger partial charge in [-0.3, -0.25) is 14.4 Å². The minimum atomic E-state index is -0.724. The predicted molar refractivity (Wildman–Crippen MR) is 180 cm³/mol. The number of aryl methyl sites for hydroxylation is 6. The number of carbonyl (C=O) groups is 3. The van der Waals surface area contributed by atoms with E-state index in [4.69, 9.17) is 11.6 Å². The quantitative estimate of drug-likeness (QED) is 0.258. The first kappa shape index (κ1) is 33.1. The molecule has 1 saturated heterocycles. The standard InChI is InChI=1S/C36H45ClN4O3/c1-23-14-25(3)35(26(4)15-23)40-21-30(41(22-40)36-27(5)16-24(2)17-28(36)6)20-38-33(43)12-13-34(44)39-31(32(42)19-37)18-29-10-8-7-9-11-29/h7-11,14-17,30-31H,12-13,18-22H2,1-6H3,(H,38,43)(H,39,44)/t30?,31-/m0/s1. The molecule has 44 heavy (non-hydrogen) atoms. The van der Waals surface area contributed by atoms with Crippen molar-refractivity contribution in [1.29, 1.82) is 0 Å². The Balaban J connectivity index is 1.42. The van der Waals surface area contributed by atoms with Gasteiger partial charge in [0.15, 0.2) is 5.78 Å². The number of anilines is 2. The van der Waals surface area contributed by atoms with Crippen LogP contribution in [-0.2, 0) is 20.8 Å². The molecule has 4 rings (SSSR count). The summed E-state index contributed by atoms with van der Waals surface area (Å²) in [5, 5.41) is 5.88. The van der Waals surface area contributed by atoms with E-state index in [0.717, 1.165) is 18.8 Å². The van der Waals surface area contributed by atoms with Crippen molar-refractivity contribution >= 4 is 40.6 Å². The molecule has 2 amide bonds. The normalized spacial score (nSPS) is 15.3. The fourth-order valence-electron chi connectivity index (χ4n) is 6.60. The molecule has 0 saturated carbocycles. The molecule has 0 bridgehead atoms. The Morgan fingerprint density at radius 2 is 1.36 bits per heavy atom. The summed E-state index contributed by atoms with van der Waals surface area (Å²) in [6.45, 7) is 14.8. The smallest absolute Gasteiger partial charge is 0.221 e. The Hall–Kier alpha value is -3.84. The molecule has 3 aromatic rings. The van der Waals surface area contributed by atoms with Gasteiger partial charge >= 0.3 is 0 Å². The van der Waals surface area contributed by atoms with Crippen molar-refractivity contribution < 1.29 is 14.4 Å². The zero-order chi connectivity index (χ0) is 32.0. The van der Waals surface area contributed by atoms with E-state index in [-0.39, 0.29) is 42.4 Å². The van der Waals surface area contributed by atoms with Crippen LogP contribution in [0.5, 0.6) is 0 Å². The van der Waals surface area contributed by atoms with Gasteiger partial charge < -0.3 is 20.4 Å². The molecule has 1 heterocycles. The third-order valence-corrected chi connectivity index (χ3v) is 8.58. The van der Waals surface area contributed by atoms with Crippen LogP contribution in [-0.4, -0.2) is 55.3 Å². The Labute approximate surface area is 267 Å². The first-order chi connectivity index (χ1) is 21.0. The van der Waals surface area contributed by atoms with Crippen LogP contribution in [0.4, 0.5) is 11.4 Å². The number of rotatable bonds is 12. The highest BCUT2D eigenvalue weighted by molar-refractivity contribution is 6.28. The SMILES string of the molecule is Cc1cc(C)c(N2CC(CNC(=O)CCC(=O)N[C@@H](Cc3ccccc3)C(=O)CCl)N(c3c(C)cc(C)cc3C)C2)c(C)c1. The van der Waals surface area contributed by atoms with Gasteiger partial charge in [0, 0.05) is 37.3 Å². The van der Waals surface area contributed by atoms with E-state index in [9.17, 15) is 14.4 Å². The molecule has 8 heteroatoms. The summed E-state index contributed by atoms with van der Waals surface area (Å²) in [6.07, 6.45) is 0.384. The van der Waals surface area contributed by atoms with Crippen molar-refractivity contribution in [2.24, 2.45) is 0 Å². The van der Waals surface area contributed by atoms with Gasteiger partial charge in [-0.25, -0.2) is 0 Å². The van der Waals surface area contributed by atoms with Crippen LogP contribution in [0.25, 0.3) is 0 Å². The van der Waals surface area contributed by atoms with Gasteiger partial charge in [0.1, 0.15) is 0 Å². The van der Waals surface area contributed by atoms with E-state index < -0.39 is 6.04 Å². The lowest BCUT2D eigenvalue weighted by atomic mass is 10.0. The van der Waals surface area contributed by atoms with Crippen molar-refractivity contribution in [3.63, 3.8) is 0 Å². The topological polar surface area (TPSA) is 81.8 Å². The van der Waals surface area contributed by atoms with E-state index in [2.05, 4.69) is 86.2 Å². The maximum Gasteiger partial charge on any atom is 0.221 e. The third-order valence-electron chi connectivity index (χ3n) is 8.32. The largest absolute Gasteiger partial charge is 0.354 e. The molecule has 3 aromatic carbocycles. The van der Waals surface area contributed by atoms with E-state index in [1.807, 2.05) is 30.3 Å². The van der Waals surface area contributed by atoms with E-state index in [0.29, 0.717) is 13.0 Å². The van der Waals surface area contributed by atoms with Crippen molar-refractivity contribution in [2.45, 2.75) is 72.9 Å². The number of ketones is 1. The van der Waals surface area contributed by atoms with Crippen molar-refractivity contribution in [3.8, 4) is 0 Å². The molecule has 0 aliphatic carbocycles. The van der Waals surface area contributed by atoms with E-state index >= 15 is 0 Å². The van der Waals surface area contributed by atoms with Crippen molar-refractivity contribution in [1.82, 2.24) is 10.6 Å². The highest BCUT2D eigenvalue weighted by Gasteiger charge is 2.34. The average Bonchev–Trinajstić information content (AvgIpc) is 3.36. The molecular formula is C36H45ClN4O3. The minimum Gasteiger partial charge on any atom is -0.354 e. The highest BCUT2D eigenvalue weighted by Crippen LogP contribution is 2.35. The van der Waals surface area contributed by atoms with E-state index in [1.54, 1.807) is 0 Å². The Bertz CT molecular complexity index is 1460. The predicted octanol–water partition coefficient (Wildman–Crippen LogP) is 5.62. The molecule has 1 fully saturated rings. The highest BCUT2D eigenvalue weighted by atomic mass is 35.5. The fraction of sp³-hybridized carbons (Fsp3) is 0.417. The average molecular weight is 617 g/mol. The summed E-state index contributed by atoms with van der Waals surface area (Å²) in [6, 6.07) is 17.7. The number of alkyl halides is 1. The molecule has 1 unspecified atom stereocenters. The number of nitrogens with one attached hydrogen (secondary N) is 2. The number of halogens is 1. The fourth-order valence-corrected chi connectivity index (χ4v) is 6.78. The number of carbonyl (C=O) groups excluding carboxylic acids is 3. The van der Waals surface area contributed by atoms with Gasteiger partial charge in [-0.05, 0) is 75.8 Å². The maximum atomic E-state index is 13.0. The molecule has 2 N–H and O–H groups in total. The molecule has 0 radical (unpaired) electrons. The van der Waals surface area contributed by atoms with Crippen molar-refractivity contribution in [3.05, 3.63) is 93.5 Å². The van der Waals surface area contributed by atoms with Gasteiger partial charge in [-0.1, -0.05) is 65.7 Å². The second-order valence-corrected chi connectivity index (χ2v) is 12.5. The lowest BCUT2D eigenvalue weighted by molar-refractivity contribution is -0.128. The lowest BCUT2D eigenvalue weighted by Gasteiger charge is -2.29. The van der Waals surface area contributed by atoms with Crippen LogP contribution in [0.1, 0.15) is 51.8 Å². The molecule has 1 aliphatic heterocycles. The van der Waals surface area contributed by atoms with Gasteiger partial charge in [0.05, 0.1) is 24.6 Å². The van der Waals surface area contributed by atoms with Crippen LogP contribution >= 0.6 is 11.6 Å². The molecular weight excluding hydrogens is 572 g/mol. The Kier molecular flexibility index (Phi) is 11.1. The monoisotopic (exact) mass is 616 g/mol. The van der Waals surface area contributed by atoms with E-state index in [1.165, 1.54) is 44.8 Å². The lowest BCUT2D eigenvalue weighted by Crippen LogP contribution is -2.44. The number of nitrogens with zero attached hydrogens (tertiary/aromatic N) is 2. The van der Waals surface area contributed by atoms with Gasteiger partial charge in [0.2, 0.25) is 11.8 Å². The molecule has 7 nitrogen and oxygen atoms in total. The van der Waals surface area contributed by atoms with Crippen LogP contribution < -0.4 is 20.4 Å². The number of amides is 2. The minimum absolute atomic E-state index is 0.00880. The van der Waals surface area contributed by atoms with Crippen LogP contribution in [0.15, 0.2) is 54.6 Å². The molecule has 0 aromatic heterocycles. The van der Waals surface area contributed by atoms with Crippen LogP contribution in [0, 0.1) is 41.5 Å². The zero-order valence-corrected chi connectivity index (χ0v) is 27.6. The second kappa shape index (κ2) is 14.8. The summed E-state index contributed by atoms with van der Waals surface area (Å²) in [7, 11) is 0. The first-order valence-corrected chi connectivity index (χ1v) is 15.9. The summed E-state index contributed by atoms with van der Waals surface area (Å²) in [4.78, 5) is 43.0. The number of hydrogen-bond donors (Lipinski definition) is 2. The van der Waals surface area contributed by atoms with Gasteiger partial charge in [0.25, 0.3) is 0 Å². The second-order valence-electron chi connectivity index (χ2n) is 12.2. The van der Waals surface area contributed by atoms with Gasteiger partial charge in [-0.15, -0.1) is 11.6 Å². The zero-order valence-electron chi connectivity index (χ0n) is 26.8. The third kappa shape index (κ3) is 8.20. The van der Waals surface area contributed by atoms with Crippen LogP contribution in [0.2, 0.25) is 0 Å². The molecule has 2 atom stereocenters. The summed E-state index contributed by atoms with van der Waals surface area (Å²) >= 11 is 5.81. The molecule has 0 spiro atoms. The first-order valence-electron chi connectivity index (χ1n) is 15.3. The number of hydrogen-bond acceptors (Lipinski definition) is 5. The number of Topliss-reactive ketones (excluding diaryl/α,β-unsaturated/α-hetero) is 1. The number of benzene rings is 3. The Morgan fingerprint density at radius 1 is 0.818 bits per heavy atom. The summed E-state index contributed by atoms with van der Waals surface area (Å²) < 4.78 is 0. The van der Waals surface area contributed by atoms with Gasteiger partial charge in [-0.2, -0.15) is 0 Å². The molecule has 234 valence electrons. The summed E-state index contributed by atoms with van der Waals surface area (Å²) in [5.41, 5.74) is 10.8. The van der Waals surface area contributed by atoms with Crippen LogP contribution in [0.3, 0.4) is 0 Å². The van der Waals surface area contributed by atoms with Crippen molar-refractivity contribution in [2.75, 3.05) is 35.4 Å². The molecule has 1 aliphatic rings.